The number of ether oxygens (including phenoxy) is 2. The number of carbonyl (C=O) groups excluding carboxylic acids is 2. The molecule has 7 heteroatoms. The minimum atomic E-state index is -0.728. The number of ketones is 1. The number of rotatable bonds is 9. The second-order valence-electron chi connectivity index (χ2n) is 8.43. The van der Waals surface area contributed by atoms with E-state index in [0.717, 1.165) is 0 Å². The average Bonchev–Trinajstić information content (AvgIpc) is 3.03. The van der Waals surface area contributed by atoms with Crippen molar-refractivity contribution in [3.8, 4) is 5.75 Å². The van der Waals surface area contributed by atoms with Gasteiger partial charge < -0.3 is 19.5 Å². The molecule has 170 valence electrons. The molecule has 32 heavy (non-hydrogen) atoms. The molecule has 1 N–H and O–H groups in total. The van der Waals surface area contributed by atoms with Gasteiger partial charge in [-0.2, -0.15) is 0 Å². The van der Waals surface area contributed by atoms with Crippen molar-refractivity contribution in [2.75, 3.05) is 19.8 Å². The highest BCUT2D eigenvalue weighted by atomic mass is 16.5. The maximum Gasteiger partial charge on any atom is 0.295 e. The van der Waals surface area contributed by atoms with E-state index in [2.05, 4.69) is 4.98 Å². The molecular formula is C25H30N2O5. The van der Waals surface area contributed by atoms with Crippen LogP contribution in [0.5, 0.6) is 5.75 Å². The fourth-order valence-electron chi connectivity index (χ4n) is 3.54. The summed E-state index contributed by atoms with van der Waals surface area (Å²) in [5.41, 5.74) is 1.16. The van der Waals surface area contributed by atoms with Crippen LogP contribution in [0.3, 0.4) is 0 Å². The first kappa shape index (κ1) is 23.5. The number of aliphatic hydroxyl groups is 1. The largest absolute Gasteiger partial charge is 0.507 e. The summed E-state index contributed by atoms with van der Waals surface area (Å²) in [6.07, 6.45) is 3.20. The van der Waals surface area contributed by atoms with E-state index >= 15 is 0 Å². The van der Waals surface area contributed by atoms with Crippen molar-refractivity contribution in [2.24, 2.45) is 5.92 Å². The van der Waals surface area contributed by atoms with Crippen LogP contribution in [0.1, 0.15) is 44.9 Å². The van der Waals surface area contributed by atoms with Gasteiger partial charge in [0.1, 0.15) is 11.5 Å². The van der Waals surface area contributed by atoms with Crippen molar-refractivity contribution < 1.29 is 24.2 Å². The third kappa shape index (κ3) is 5.34. The molecule has 0 spiro atoms. The number of hydrogen-bond acceptors (Lipinski definition) is 6. The molecule has 1 aliphatic heterocycles. The zero-order chi connectivity index (χ0) is 23.3. The Hall–Kier alpha value is -3.19. The fourth-order valence-corrected chi connectivity index (χ4v) is 3.54. The van der Waals surface area contributed by atoms with E-state index in [0.29, 0.717) is 29.4 Å². The summed E-state index contributed by atoms with van der Waals surface area (Å²) < 4.78 is 11.4. The van der Waals surface area contributed by atoms with Crippen molar-refractivity contribution in [3.63, 3.8) is 0 Å². The molecule has 0 saturated carbocycles. The van der Waals surface area contributed by atoms with Gasteiger partial charge in [-0.05, 0) is 49.6 Å². The molecular weight excluding hydrogens is 408 g/mol. The topological polar surface area (TPSA) is 89.0 Å². The number of aromatic nitrogens is 1. The second kappa shape index (κ2) is 10.4. The van der Waals surface area contributed by atoms with Gasteiger partial charge in [-0.1, -0.05) is 26.0 Å². The van der Waals surface area contributed by atoms with Gasteiger partial charge in [-0.3, -0.25) is 14.6 Å². The number of aliphatic hydroxyl groups excluding tert-OH is 1. The van der Waals surface area contributed by atoms with E-state index in [1.807, 2.05) is 27.7 Å². The Balaban J connectivity index is 2.02. The van der Waals surface area contributed by atoms with Gasteiger partial charge in [0.2, 0.25) is 0 Å². The maximum absolute atomic E-state index is 13.0. The van der Waals surface area contributed by atoms with Crippen molar-refractivity contribution in [1.29, 1.82) is 0 Å². The molecule has 7 nitrogen and oxygen atoms in total. The van der Waals surface area contributed by atoms with Gasteiger partial charge in [-0.25, -0.2) is 0 Å². The zero-order valence-electron chi connectivity index (χ0n) is 18.9. The van der Waals surface area contributed by atoms with Crippen LogP contribution >= 0.6 is 0 Å². The lowest BCUT2D eigenvalue weighted by atomic mass is 9.96. The van der Waals surface area contributed by atoms with E-state index in [1.165, 1.54) is 4.90 Å². The van der Waals surface area contributed by atoms with E-state index in [9.17, 15) is 14.7 Å². The number of hydrogen-bond donors (Lipinski definition) is 1. The summed E-state index contributed by atoms with van der Waals surface area (Å²) in [5.74, 6) is -0.678. The Morgan fingerprint density at radius 1 is 1.12 bits per heavy atom. The fraction of sp³-hybridized carbons (Fsp3) is 0.400. The van der Waals surface area contributed by atoms with Crippen molar-refractivity contribution in [1.82, 2.24) is 9.88 Å². The number of pyridine rings is 1. The van der Waals surface area contributed by atoms with Crippen molar-refractivity contribution >= 4 is 17.4 Å². The first-order chi connectivity index (χ1) is 15.3. The molecule has 2 heterocycles. The van der Waals surface area contributed by atoms with Crippen LogP contribution in [-0.4, -0.2) is 52.5 Å². The summed E-state index contributed by atoms with van der Waals surface area (Å²) in [4.78, 5) is 31.4. The number of nitrogens with zero attached hydrogens (tertiary/aromatic N) is 2. The minimum absolute atomic E-state index is 0.000207. The molecule has 1 aromatic carbocycles. The van der Waals surface area contributed by atoms with E-state index in [-0.39, 0.29) is 30.6 Å². The molecule has 1 aliphatic rings. The molecule has 3 rings (SSSR count). The quantitative estimate of drug-likeness (QED) is 0.362. The van der Waals surface area contributed by atoms with Gasteiger partial charge in [0.25, 0.3) is 11.7 Å². The molecule has 2 aromatic rings. The monoisotopic (exact) mass is 438 g/mol. The maximum atomic E-state index is 13.0. The van der Waals surface area contributed by atoms with Crippen LogP contribution in [-0.2, 0) is 14.3 Å². The Morgan fingerprint density at radius 3 is 2.50 bits per heavy atom. The second-order valence-corrected chi connectivity index (χ2v) is 8.43. The minimum Gasteiger partial charge on any atom is -0.507 e. The van der Waals surface area contributed by atoms with Crippen LogP contribution < -0.4 is 4.74 Å². The summed E-state index contributed by atoms with van der Waals surface area (Å²) in [5, 5.41) is 11.2. The Morgan fingerprint density at radius 2 is 1.84 bits per heavy atom. The Labute approximate surface area is 188 Å². The zero-order valence-corrected chi connectivity index (χ0v) is 18.9. The first-order valence-corrected chi connectivity index (χ1v) is 10.8. The van der Waals surface area contributed by atoms with Crippen LogP contribution in [0, 0.1) is 5.92 Å². The SMILES string of the molecule is CC(C)COc1cccc(/C(O)=C2/C(=O)C(=O)N(CCOC(C)C)C2c2ccncc2)c1. The van der Waals surface area contributed by atoms with Gasteiger partial charge >= 0.3 is 0 Å². The average molecular weight is 439 g/mol. The van der Waals surface area contributed by atoms with E-state index < -0.39 is 17.7 Å². The lowest BCUT2D eigenvalue weighted by Crippen LogP contribution is -2.33. The summed E-state index contributed by atoms with van der Waals surface area (Å²) in [6.45, 7) is 8.94. The number of likely N-dealkylation sites (tertiary alicyclic amines) is 1. The molecule has 1 amide bonds. The number of benzene rings is 1. The summed E-state index contributed by atoms with van der Waals surface area (Å²) in [7, 11) is 0. The highest BCUT2D eigenvalue weighted by Gasteiger charge is 2.45. The smallest absolute Gasteiger partial charge is 0.295 e. The van der Waals surface area contributed by atoms with Gasteiger partial charge in [0.05, 0.1) is 30.9 Å². The predicted molar refractivity (Wildman–Crippen MR) is 121 cm³/mol. The third-order valence-electron chi connectivity index (χ3n) is 5.04. The molecule has 0 radical (unpaired) electrons. The van der Waals surface area contributed by atoms with Crippen molar-refractivity contribution in [2.45, 2.75) is 39.8 Å². The number of carbonyl (C=O) groups is 2. The van der Waals surface area contributed by atoms with E-state index in [4.69, 9.17) is 9.47 Å². The van der Waals surface area contributed by atoms with Crippen LogP contribution in [0.15, 0.2) is 54.4 Å². The highest BCUT2D eigenvalue weighted by Crippen LogP contribution is 2.39. The van der Waals surface area contributed by atoms with Crippen molar-refractivity contribution in [3.05, 3.63) is 65.5 Å². The molecule has 1 unspecified atom stereocenters. The molecule has 0 bridgehead atoms. The lowest BCUT2D eigenvalue weighted by molar-refractivity contribution is -0.140. The van der Waals surface area contributed by atoms with Gasteiger partial charge in [0.15, 0.2) is 0 Å². The van der Waals surface area contributed by atoms with Gasteiger partial charge in [-0.15, -0.1) is 0 Å². The van der Waals surface area contributed by atoms with Gasteiger partial charge in [0, 0.05) is 24.5 Å². The Kier molecular flexibility index (Phi) is 7.64. The molecule has 1 aromatic heterocycles. The van der Waals surface area contributed by atoms with Crippen LogP contribution in [0.4, 0.5) is 0 Å². The standard InChI is InChI=1S/C25H30N2O5/c1-16(2)15-32-20-7-5-6-19(14-20)23(28)21-22(18-8-10-26-11-9-18)27(25(30)24(21)29)12-13-31-17(3)4/h5-11,14,16-17,22,28H,12-13,15H2,1-4H3/b23-21-. The first-order valence-electron chi connectivity index (χ1n) is 10.8. The lowest BCUT2D eigenvalue weighted by Gasteiger charge is -2.25. The molecule has 1 fully saturated rings. The van der Waals surface area contributed by atoms with E-state index in [1.54, 1.807) is 48.8 Å². The van der Waals surface area contributed by atoms with Crippen LogP contribution in [0.25, 0.3) is 5.76 Å². The Bertz CT molecular complexity index is 985. The number of amides is 1. The molecule has 1 saturated heterocycles. The summed E-state index contributed by atoms with van der Waals surface area (Å²) >= 11 is 0. The molecule has 0 aliphatic carbocycles. The predicted octanol–water partition coefficient (Wildman–Crippen LogP) is 3.96. The molecule has 1 atom stereocenters. The third-order valence-corrected chi connectivity index (χ3v) is 5.04. The highest BCUT2D eigenvalue weighted by molar-refractivity contribution is 6.46. The normalized spacial score (nSPS) is 18.1. The summed E-state index contributed by atoms with van der Waals surface area (Å²) in [6, 6.07) is 9.66. The van der Waals surface area contributed by atoms with Crippen LogP contribution in [0.2, 0.25) is 0 Å². The number of Topliss-reactive ketones (excluding diaryl/α,β-unsaturated/α-hetero) is 1.